The summed E-state index contributed by atoms with van der Waals surface area (Å²) in [5.41, 5.74) is -0.543. The minimum absolute atomic E-state index is 0.0137. The monoisotopic (exact) mass is 243 g/mol. The molecule has 1 saturated heterocycles. The summed E-state index contributed by atoms with van der Waals surface area (Å²) in [5.74, 6) is -0.476. The zero-order chi connectivity index (χ0) is 13.2. The number of hydrogen-bond donors (Lipinski definition) is 1. The largest absolute Gasteiger partial charge is 0.444 e. The first-order chi connectivity index (χ1) is 7.70. The molecule has 1 amide bonds. The molecule has 0 aliphatic carbocycles. The summed E-state index contributed by atoms with van der Waals surface area (Å²) in [5, 5.41) is 9.48. The van der Waals surface area contributed by atoms with E-state index >= 15 is 0 Å². The third-order valence-corrected chi connectivity index (χ3v) is 2.69. The average molecular weight is 243 g/mol. The van der Waals surface area contributed by atoms with Crippen LogP contribution in [0, 0.1) is 5.92 Å². The van der Waals surface area contributed by atoms with Gasteiger partial charge in [-0.3, -0.25) is 4.79 Å². The van der Waals surface area contributed by atoms with E-state index in [-0.39, 0.29) is 18.7 Å². The van der Waals surface area contributed by atoms with Gasteiger partial charge in [-0.2, -0.15) is 0 Å². The first-order valence-electron chi connectivity index (χ1n) is 5.89. The van der Waals surface area contributed by atoms with E-state index in [4.69, 9.17) is 4.74 Å². The molecule has 0 aromatic heterocycles. The number of carbonyl (C=O) groups excluding carboxylic acids is 2. The van der Waals surface area contributed by atoms with Crippen LogP contribution in [-0.4, -0.2) is 46.7 Å². The van der Waals surface area contributed by atoms with Gasteiger partial charge in [0.05, 0.1) is 12.0 Å². The van der Waals surface area contributed by atoms with Crippen LogP contribution in [0.4, 0.5) is 4.79 Å². The number of rotatable bonds is 1. The lowest BCUT2D eigenvalue weighted by molar-refractivity contribution is -0.129. The van der Waals surface area contributed by atoms with Crippen molar-refractivity contribution in [1.82, 2.24) is 4.90 Å². The quantitative estimate of drug-likeness (QED) is 0.751. The summed E-state index contributed by atoms with van der Waals surface area (Å²) in [6.45, 7) is 7.58. The van der Waals surface area contributed by atoms with Crippen LogP contribution >= 0.6 is 0 Å². The van der Waals surface area contributed by atoms with E-state index in [1.54, 1.807) is 27.7 Å². The van der Waals surface area contributed by atoms with Crippen molar-refractivity contribution in [3.05, 3.63) is 0 Å². The average Bonchev–Trinajstić information content (AvgIpc) is 2.14. The molecule has 5 heteroatoms. The third kappa shape index (κ3) is 4.00. The molecule has 1 N–H and O–H groups in total. The van der Waals surface area contributed by atoms with Gasteiger partial charge in [0.25, 0.3) is 0 Å². The van der Waals surface area contributed by atoms with E-state index in [2.05, 4.69) is 0 Å². The van der Waals surface area contributed by atoms with Gasteiger partial charge in [0, 0.05) is 19.5 Å². The molecular weight excluding hydrogens is 222 g/mol. The van der Waals surface area contributed by atoms with Crippen LogP contribution in [0.15, 0.2) is 0 Å². The van der Waals surface area contributed by atoms with Crippen LogP contribution in [-0.2, 0) is 9.53 Å². The maximum atomic E-state index is 11.8. The highest BCUT2D eigenvalue weighted by Gasteiger charge is 2.34. The van der Waals surface area contributed by atoms with Gasteiger partial charge in [-0.1, -0.05) is 0 Å². The summed E-state index contributed by atoms with van der Waals surface area (Å²) in [7, 11) is 0. The van der Waals surface area contributed by atoms with Crippen molar-refractivity contribution in [2.75, 3.05) is 13.1 Å². The Morgan fingerprint density at radius 1 is 1.53 bits per heavy atom. The number of Topliss-reactive ketones (excluding diaryl/α,β-unsaturated/α-hetero) is 1. The molecule has 1 aliphatic rings. The van der Waals surface area contributed by atoms with E-state index < -0.39 is 23.7 Å². The predicted molar refractivity (Wildman–Crippen MR) is 62.6 cm³/mol. The topological polar surface area (TPSA) is 66.8 Å². The lowest BCUT2D eigenvalue weighted by Gasteiger charge is -2.34. The van der Waals surface area contributed by atoms with Crippen molar-refractivity contribution in [3.8, 4) is 0 Å². The van der Waals surface area contributed by atoms with Crippen LogP contribution in [0.25, 0.3) is 0 Å². The maximum absolute atomic E-state index is 11.8. The molecule has 17 heavy (non-hydrogen) atoms. The number of amides is 1. The van der Waals surface area contributed by atoms with Crippen molar-refractivity contribution in [1.29, 1.82) is 0 Å². The fraction of sp³-hybridized carbons (Fsp3) is 0.833. The van der Waals surface area contributed by atoms with E-state index in [0.717, 1.165) is 0 Å². The van der Waals surface area contributed by atoms with Crippen molar-refractivity contribution in [2.45, 2.75) is 45.8 Å². The summed E-state index contributed by atoms with van der Waals surface area (Å²) in [6, 6.07) is 0. The summed E-state index contributed by atoms with van der Waals surface area (Å²) in [4.78, 5) is 24.8. The Morgan fingerprint density at radius 2 is 2.12 bits per heavy atom. The Bertz CT molecular complexity index is 306. The maximum Gasteiger partial charge on any atom is 0.410 e. The number of nitrogens with zero attached hydrogens (tertiary/aromatic N) is 1. The van der Waals surface area contributed by atoms with Crippen molar-refractivity contribution >= 4 is 11.9 Å². The van der Waals surface area contributed by atoms with Gasteiger partial charge in [0.15, 0.2) is 0 Å². The molecule has 0 bridgehead atoms. The molecule has 1 fully saturated rings. The number of aliphatic hydroxyl groups is 1. The molecule has 0 aromatic carbocycles. The van der Waals surface area contributed by atoms with Crippen molar-refractivity contribution in [2.24, 2.45) is 5.92 Å². The molecular formula is C12H21NO4. The van der Waals surface area contributed by atoms with Crippen molar-refractivity contribution in [3.63, 3.8) is 0 Å². The molecule has 0 radical (unpaired) electrons. The second-order valence-corrected chi connectivity index (χ2v) is 5.49. The van der Waals surface area contributed by atoms with Gasteiger partial charge in [-0.05, 0) is 27.7 Å². The number of ketones is 1. The zero-order valence-electron chi connectivity index (χ0n) is 10.9. The third-order valence-electron chi connectivity index (χ3n) is 2.69. The van der Waals surface area contributed by atoms with E-state index in [9.17, 15) is 14.7 Å². The summed E-state index contributed by atoms with van der Waals surface area (Å²) >= 11 is 0. The molecule has 5 nitrogen and oxygen atoms in total. The minimum atomic E-state index is -0.729. The van der Waals surface area contributed by atoms with Crippen LogP contribution in [0.1, 0.15) is 34.1 Å². The highest BCUT2D eigenvalue weighted by atomic mass is 16.6. The van der Waals surface area contributed by atoms with Crippen LogP contribution in [0.5, 0.6) is 0 Å². The van der Waals surface area contributed by atoms with E-state index in [1.165, 1.54) is 4.90 Å². The van der Waals surface area contributed by atoms with Crippen molar-refractivity contribution < 1.29 is 19.4 Å². The molecule has 1 rings (SSSR count). The molecule has 2 atom stereocenters. The fourth-order valence-electron chi connectivity index (χ4n) is 1.77. The first kappa shape index (κ1) is 14.0. The minimum Gasteiger partial charge on any atom is -0.444 e. The first-order valence-corrected chi connectivity index (χ1v) is 5.89. The number of ether oxygens (including phenoxy) is 1. The number of likely N-dealkylation sites (tertiary alicyclic amines) is 1. The van der Waals surface area contributed by atoms with Gasteiger partial charge in [0.2, 0.25) is 0 Å². The molecule has 0 saturated carbocycles. The highest BCUT2D eigenvalue weighted by Crippen LogP contribution is 2.19. The van der Waals surface area contributed by atoms with Gasteiger partial charge in [0.1, 0.15) is 11.4 Å². The number of carbonyl (C=O) groups is 2. The number of aliphatic hydroxyl groups excluding tert-OH is 1. The van der Waals surface area contributed by atoms with Gasteiger partial charge in [-0.15, -0.1) is 0 Å². The second-order valence-electron chi connectivity index (χ2n) is 5.49. The molecule has 1 heterocycles. The summed E-state index contributed by atoms with van der Waals surface area (Å²) in [6.07, 6.45) is -0.863. The zero-order valence-corrected chi connectivity index (χ0v) is 10.9. The lowest BCUT2D eigenvalue weighted by atomic mass is 9.92. The highest BCUT2D eigenvalue weighted by molar-refractivity contribution is 5.84. The standard InChI is InChI=1S/C12H21NO4/c1-8(14)9-7-13(6-5-10(9)15)11(16)17-12(2,3)4/h8-9,14H,5-7H2,1-4H3. The Morgan fingerprint density at radius 3 is 2.59 bits per heavy atom. The number of hydrogen-bond acceptors (Lipinski definition) is 4. The second kappa shape index (κ2) is 5.04. The van der Waals surface area contributed by atoms with Gasteiger partial charge < -0.3 is 14.7 Å². The molecule has 2 unspecified atom stereocenters. The summed E-state index contributed by atoms with van der Waals surface area (Å²) < 4.78 is 5.23. The van der Waals surface area contributed by atoms with Crippen LogP contribution in [0.2, 0.25) is 0 Å². The van der Waals surface area contributed by atoms with E-state index in [1.807, 2.05) is 0 Å². The molecule has 0 aromatic rings. The van der Waals surface area contributed by atoms with E-state index in [0.29, 0.717) is 6.54 Å². The lowest BCUT2D eigenvalue weighted by Crippen LogP contribution is -2.48. The molecule has 0 spiro atoms. The predicted octanol–water partition coefficient (Wildman–Crippen LogP) is 1.19. The smallest absolute Gasteiger partial charge is 0.410 e. The Kier molecular flexibility index (Phi) is 4.14. The normalized spacial score (nSPS) is 23.5. The Labute approximate surface area is 102 Å². The SMILES string of the molecule is CC(O)C1CN(C(=O)OC(C)(C)C)CCC1=O. The Hall–Kier alpha value is -1.10. The fourth-order valence-corrected chi connectivity index (χ4v) is 1.77. The number of piperidine rings is 1. The van der Waals surface area contributed by atoms with Crippen LogP contribution < -0.4 is 0 Å². The van der Waals surface area contributed by atoms with Crippen LogP contribution in [0.3, 0.4) is 0 Å². The molecule has 98 valence electrons. The van der Waals surface area contributed by atoms with Gasteiger partial charge >= 0.3 is 6.09 Å². The van der Waals surface area contributed by atoms with Gasteiger partial charge in [-0.25, -0.2) is 4.79 Å². The molecule has 1 aliphatic heterocycles. The Balaban J connectivity index is 2.62.